The molecule has 0 amide bonds. The van der Waals surface area contributed by atoms with Gasteiger partial charge >= 0.3 is 0 Å². The Balaban J connectivity index is 2.07. The van der Waals surface area contributed by atoms with E-state index in [1.54, 1.807) is 0 Å². The van der Waals surface area contributed by atoms with Crippen molar-refractivity contribution in [3.8, 4) is 0 Å². The van der Waals surface area contributed by atoms with Crippen LogP contribution in [-0.2, 0) is 6.54 Å². The van der Waals surface area contributed by atoms with E-state index in [4.69, 9.17) is 12.2 Å². The second kappa shape index (κ2) is 3.31. The summed E-state index contributed by atoms with van der Waals surface area (Å²) in [5, 5.41) is 3.08. The zero-order valence-electron chi connectivity index (χ0n) is 8.18. The molecule has 0 bridgehead atoms. The Morgan fingerprint density at radius 1 is 1.33 bits per heavy atom. The Bertz CT molecular complexity index is 526. The van der Waals surface area contributed by atoms with Crippen LogP contribution in [0.3, 0.4) is 0 Å². The van der Waals surface area contributed by atoms with E-state index >= 15 is 0 Å². The number of aryl methyl sites for hydroxylation is 1. The first-order chi connectivity index (χ1) is 7.34. The molecule has 1 unspecified atom stereocenters. The van der Waals surface area contributed by atoms with E-state index in [1.165, 1.54) is 5.56 Å². The maximum Gasteiger partial charge on any atom is 0.213 e. The fraction of sp³-hybridized carbons (Fsp3) is 0.273. The minimum absolute atomic E-state index is 0.402. The fourth-order valence-electron chi connectivity index (χ4n) is 2.19. The Labute approximate surface area is 92.8 Å². The van der Waals surface area contributed by atoms with Gasteiger partial charge in [0.15, 0.2) is 0 Å². The monoisotopic (exact) mass is 217 g/mol. The molecule has 0 fully saturated rings. The fourth-order valence-corrected chi connectivity index (χ4v) is 2.39. The summed E-state index contributed by atoms with van der Waals surface area (Å²) in [5.74, 6) is 1.48. The van der Waals surface area contributed by atoms with Crippen LogP contribution in [0.15, 0.2) is 30.3 Å². The first-order valence-electron chi connectivity index (χ1n) is 5.06. The molecule has 1 aromatic heterocycles. The van der Waals surface area contributed by atoms with Crippen molar-refractivity contribution in [1.82, 2.24) is 14.8 Å². The molecule has 3 rings (SSSR count). The van der Waals surface area contributed by atoms with Crippen LogP contribution in [0.4, 0.5) is 0 Å². The minimum Gasteiger partial charge on any atom is -0.272 e. The lowest BCUT2D eigenvalue weighted by Crippen LogP contribution is -1.98. The lowest BCUT2D eigenvalue weighted by atomic mass is 9.97. The van der Waals surface area contributed by atoms with Crippen molar-refractivity contribution in [3.05, 3.63) is 46.5 Å². The molecule has 0 saturated carbocycles. The Morgan fingerprint density at radius 3 is 2.93 bits per heavy atom. The molecule has 2 aromatic rings. The van der Waals surface area contributed by atoms with Crippen molar-refractivity contribution in [2.45, 2.75) is 18.9 Å². The highest BCUT2D eigenvalue weighted by molar-refractivity contribution is 7.71. The highest BCUT2D eigenvalue weighted by Crippen LogP contribution is 2.31. The first-order valence-corrected chi connectivity index (χ1v) is 5.47. The van der Waals surface area contributed by atoms with Gasteiger partial charge in [0.2, 0.25) is 4.77 Å². The molecule has 1 aromatic carbocycles. The van der Waals surface area contributed by atoms with Crippen LogP contribution < -0.4 is 0 Å². The predicted molar refractivity (Wildman–Crippen MR) is 60.3 cm³/mol. The quantitative estimate of drug-likeness (QED) is 0.744. The number of hydrogen-bond donors (Lipinski definition) is 1. The van der Waals surface area contributed by atoms with Crippen LogP contribution in [0.1, 0.15) is 23.7 Å². The molecule has 1 aliphatic rings. The molecule has 1 atom stereocenters. The molecule has 4 heteroatoms. The number of hydrogen-bond acceptors (Lipinski definition) is 2. The van der Waals surface area contributed by atoms with E-state index < -0.39 is 0 Å². The molecule has 0 saturated heterocycles. The van der Waals surface area contributed by atoms with Crippen molar-refractivity contribution in [2.24, 2.45) is 0 Å². The standard InChI is InChI=1S/C11H11N3S/c15-11-12-10-9(6-7-14(10)13-11)8-4-2-1-3-5-8/h1-5,9H,6-7H2,(H,13,15). The van der Waals surface area contributed by atoms with Crippen LogP contribution in [-0.4, -0.2) is 14.8 Å². The van der Waals surface area contributed by atoms with E-state index in [1.807, 2.05) is 6.07 Å². The SMILES string of the molecule is S=c1nc2n([nH]1)CCC2c1ccccc1. The number of rotatable bonds is 1. The maximum absolute atomic E-state index is 5.04. The average molecular weight is 217 g/mol. The molecule has 1 aliphatic heterocycles. The number of benzene rings is 1. The minimum atomic E-state index is 0.402. The van der Waals surface area contributed by atoms with Gasteiger partial charge in [-0.2, -0.15) is 0 Å². The van der Waals surface area contributed by atoms with E-state index in [0.29, 0.717) is 10.7 Å². The molecule has 15 heavy (non-hydrogen) atoms. The molecule has 3 nitrogen and oxygen atoms in total. The van der Waals surface area contributed by atoms with Gasteiger partial charge in [-0.25, -0.2) is 4.98 Å². The Hall–Kier alpha value is -1.42. The van der Waals surface area contributed by atoms with E-state index in [0.717, 1.165) is 18.8 Å². The van der Waals surface area contributed by atoms with Crippen molar-refractivity contribution in [1.29, 1.82) is 0 Å². The smallest absolute Gasteiger partial charge is 0.213 e. The molecule has 2 heterocycles. The van der Waals surface area contributed by atoms with Gasteiger partial charge in [0.25, 0.3) is 0 Å². The van der Waals surface area contributed by atoms with E-state index in [-0.39, 0.29) is 0 Å². The molecule has 0 radical (unpaired) electrons. The number of aromatic nitrogens is 3. The lowest BCUT2D eigenvalue weighted by molar-refractivity contribution is 0.646. The summed E-state index contributed by atoms with van der Waals surface area (Å²) in [6.07, 6.45) is 1.11. The summed E-state index contributed by atoms with van der Waals surface area (Å²) in [4.78, 5) is 4.37. The topological polar surface area (TPSA) is 33.6 Å². The molecular weight excluding hydrogens is 206 g/mol. The number of aromatic amines is 1. The number of fused-ring (bicyclic) bond motifs is 1. The molecule has 1 N–H and O–H groups in total. The summed E-state index contributed by atoms with van der Waals surface area (Å²) in [6.45, 7) is 0.985. The van der Waals surface area contributed by atoms with Crippen LogP contribution >= 0.6 is 12.2 Å². The average Bonchev–Trinajstić information content (AvgIpc) is 2.77. The third-order valence-electron chi connectivity index (χ3n) is 2.88. The highest BCUT2D eigenvalue weighted by Gasteiger charge is 2.25. The van der Waals surface area contributed by atoms with Crippen LogP contribution in [0, 0.1) is 4.77 Å². The van der Waals surface area contributed by atoms with Gasteiger partial charge in [-0.05, 0) is 24.2 Å². The summed E-state index contributed by atoms with van der Waals surface area (Å²) >= 11 is 5.04. The zero-order valence-corrected chi connectivity index (χ0v) is 9.00. The molecule has 76 valence electrons. The van der Waals surface area contributed by atoms with Gasteiger partial charge in [0.1, 0.15) is 5.82 Å². The summed E-state index contributed by atoms with van der Waals surface area (Å²) in [7, 11) is 0. The second-order valence-corrected chi connectivity index (χ2v) is 4.18. The summed E-state index contributed by atoms with van der Waals surface area (Å²) in [5.41, 5.74) is 1.32. The zero-order chi connectivity index (χ0) is 10.3. The van der Waals surface area contributed by atoms with Crippen molar-refractivity contribution < 1.29 is 0 Å². The number of nitrogens with one attached hydrogen (secondary N) is 1. The molecule has 0 aliphatic carbocycles. The largest absolute Gasteiger partial charge is 0.272 e. The van der Waals surface area contributed by atoms with Crippen molar-refractivity contribution in [3.63, 3.8) is 0 Å². The third kappa shape index (κ3) is 1.41. The molecular formula is C11H11N3S. The molecule has 0 spiro atoms. The summed E-state index contributed by atoms with van der Waals surface area (Å²) in [6, 6.07) is 10.5. The summed E-state index contributed by atoms with van der Waals surface area (Å²) < 4.78 is 2.64. The van der Waals surface area contributed by atoms with Crippen LogP contribution in [0.5, 0.6) is 0 Å². The highest BCUT2D eigenvalue weighted by atomic mass is 32.1. The van der Waals surface area contributed by atoms with E-state index in [2.05, 4.69) is 39.0 Å². The second-order valence-electron chi connectivity index (χ2n) is 3.79. The maximum atomic E-state index is 5.04. The van der Waals surface area contributed by atoms with Gasteiger partial charge in [0, 0.05) is 12.5 Å². The van der Waals surface area contributed by atoms with Gasteiger partial charge in [-0.1, -0.05) is 30.3 Å². The van der Waals surface area contributed by atoms with Crippen LogP contribution in [0.2, 0.25) is 0 Å². The Kier molecular flexibility index (Phi) is 1.95. The third-order valence-corrected chi connectivity index (χ3v) is 3.06. The first kappa shape index (κ1) is 8.85. The number of nitrogens with zero attached hydrogens (tertiary/aromatic N) is 2. The van der Waals surface area contributed by atoms with Crippen LogP contribution in [0.25, 0.3) is 0 Å². The van der Waals surface area contributed by atoms with Crippen molar-refractivity contribution >= 4 is 12.2 Å². The van der Waals surface area contributed by atoms with E-state index in [9.17, 15) is 0 Å². The Morgan fingerprint density at radius 2 is 2.13 bits per heavy atom. The van der Waals surface area contributed by atoms with Crippen molar-refractivity contribution in [2.75, 3.05) is 0 Å². The van der Waals surface area contributed by atoms with Gasteiger partial charge in [-0.15, -0.1) is 0 Å². The lowest BCUT2D eigenvalue weighted by Gasteiger charge is -2.06. The van der Waals surface area contributed by atoms with Gasteiger partial charge in [-0.3, -0.25) is 9.78 Å². The normalized spacial score (nSPS) is 19.1. The van der Waals surface area contributed by atoms with Gasteiger partial charge < -0.3 is 0 Å². The number of H-pyrrole nitrogens is 1. The van der Waals surface area contributed by atoms with Gasteiger partial charge in [0.05, 0.1) is 0 Å². The predicted octanol–water partition coefficient (Wildman–Crippen LogP) is 2.48.